The lowest BCUT2D eigenvalue weighted by Crippen LogP contribution is -2.23. The van der Waals surface area contributed by atoms with Gasteiger partial charge in [0, 0.05) is 46.2 Å². The smallest absolute Gasteiger partial charge is 0.105 e. The summed E-state index contributed by atoms with van der Waals surface area (Å²) in [7, 11) is 0. The fourth-order valence-electron chi connectivity index (χ4n) is 6.24. The van der Waals surface area contributed by atoms with Crippen LogP contribution >= 0.6 is 0 Å². The van der Waals surface area contributed by atoms with Crippen molar-refractivity contribution in [1.29, 1.82) is 0 Å². The average molecular weight is 537 g/mol. The van der Waals surface area contributed by atoms with E-state index in [0.29, 0.717) is 5.92 Å². The number of anilines is 1. The number of nitrogens with two attached hydrogens (primary N) is 1. The van der Waals surface area contributed by atoms with Gasteiger partial charge in [0.25, 0.3) is 0 Å². The van der Waals surface area contributed by atoms with Crippen LogP contribution in [0.3, 0.4) is 0 Å². The molecule has 1 aliphatic heterocycles. The molecular formula is C37H36N4. The quantitative estimate of drug-likeness (QED) is 0.280. The Morgan fingerprint density at radius 3 is 2.68 bits per heavy atom. The normalized spacial score (nSPS) is 19.1. The number of terminal acetylenes is 1. The van der Waals surface area contributed by atoms with Crippen LogP contribution in [0, 0.1) is 12.3 Å². The molecule has 0 fully saturated rings. The third-order valence-corrected chi connectivity index (χ3v) is 8.42. The lowest BCUT2D eigenvalue weighted by atomic mass is 9.87. The number of hydrogen-bond acceptors (Lipinski definition) is 3. The molecule has 0 saturated carbocycles. The predicted molar refractivity (Wildman–Crippen MR) is 174 cm³/mol. The van der Waals surface area contributed by atoms with E-state index in [4.69, 9.17) is 12.2 Å². The van der Waals surface area contributed by atoms with Crippen molar-refractivity contribution < 1.29 is 0 Å². The number of nitrogens with zero attached hydrogens (tertiary/aromatic N) is 1. The van der Waals surface area contributed by atoms with Gasteiger partial charge >= 0.3 is 0 Å². The molecule has 4 nitrogen and oxygen atoms in total. The Labute approximate surface area is 243 Å². The van der Waals surface area contributed by atoms with E-state index in [1.807, 2.05) is 18.2 Å². The number of fused-ring (bicyclic) bond motifs is 1. The van der Waals surface area contributed by atoms with Crippen molar-refractivity contribution in [2.24, 2.45) is 5.73 Å². The lowest BCUT2D eigenvalue weighted by Gasteiger charge is -2.27. The Bertz CT molecular complexity index is 1740. The summed E-state index contributed by atoms with van der Waals surface area (Å²) in [5.74, 6) is 3.21. The highest BCUT2D eigenvalue weighted by Crippen LogP contribution is 2.36. The van der Waals surface area contributed by atoms with E-state index in [1.165, 1.54) is 28.0 Å². The maximum absolute atomic E-state index is 6.00. The molecule has 0 amide bonds. The molecule has 0 saturated heterocycles. The molecule has 3 aromatic rings. The summed E-state index contributed by atoms with van der Waals surface area (Å²) in [4.78, 5) is 0. The second-order valence-electron chi connectivity index (χ2n) is 10.8. The number of benzene rings is 2. The summed E-state index contributed by atoms with van der Waals surface area (Å²) in [6.45, 7) is 7.33. The SMILES string of the molecule is C#Cc1c(/C=C\N)c2ccccc2n1C1=CCC(c2ccc(NC3=C(C4=C(C)C(=C)NCC4)CCC=C3)cc2)C=C1. The zero-order chi connectivity index (χ0) is 28.3. The van der Waals surface area contributed by atoms with E-state index in [0.717, 1.165) is 71.5 Å². The first-order valence-electron chi connectivity index (χ1n) is 14.4. The zero-order valence-electron chi connectivity index (χ0n) is 23.6. The first kappa shape index (κ1) is 26.3. The van der Waals surface area contributed by atoms with E-state index in [2.05, 4.69) is 101 Å². The van der Waals surface area contributed by atoms with Gasteiger partial charge in [-0.25, -0.2) is 0 Å². The number of allylic oxidation sites excluding steroid dienone is 8. The summed E-state index contributed by atoms with van der Waals surface area (Å²) in [5, 5.41) is 8.20. The highest BCUT2D eigenvalue weighted by Gasteiger charge is 2.21. The molecule has 4 N–H and O–H groups in total. The summed E-state index contributed by atoms with van der Waals surface area (Å²) < 4.78 is 2.17. The Kier molecular flexibility index (Phi) is 7.27. The Hall–Kier alpha value is -4.88. The maximum atomic E-state index is 6.00. The zero-order valence-corrected chi connectivity index (χ0v) is 23.6. The van der Waals surface area contributed by atoms with E-state index < -0.39 is 0 Å². The van der Waals surface area contributed by atoms with E-state index >= 15 is 0 Å². The monoisotopic (exact) mass is 536 g/mol. The van der Waals surface area contributed by atoms with Gasteiger partial charge < -0.3 is 20.9 Å². The minimum Gasteiger partial charge on any atom is -0.405 e. The van der Waals surface area contributed by atoms with E-state index in [9.17, 15) is 0 Å². The highest BCUT2D eigenvalue weighted by atomic mass is 15.0. The van der Waals surface area contributed by atoms with Crippen LogP contribution in [-0.4, -0.2) is 11.1 Å². The molecule has 3 aliphatic rings. The van der Waals surface area contributed by atoms with Crippen molar-refractivity contribution >= 4 is 28.4 Å². The molecule has 0 radical (unpaired) electrons. The molecule has 1 atom stereocenters. The minimum atomic E-state index is 0.310. The van der Waals surface area contributed by atoms with Crippen molar-refractivity contribution in [3.05, 3.63) is 137 Å². The largest absolute Gasteiger partial charge is 0.405 e. The standard InChI is InChI=1S/C37H36N4/c1-4-36-34(21-23-38)33-10-6-8-12-37(33)41(36)30-19-15-28(16-20-30)27-13-17-29(18-14-27)40-35-11-7-5-9-32(35)31-22-24-39-26(3)25(31)2/h1,6-8,10-15,17-21,23,28,39-40H,3,5,9,16,22,24,38H2,2H3/b23-21-. The topological polar surface area (TPSA) is 55.0 Å². The van der Waals surface area contributed by atoms with E-state index in [-0.39, 0.29) is 0 Å². The third kappa shape index (κ3) is 4.96. The van der Waals surface area contributed by atoms with Crippen LogP contribution in [0.5, 0.6) is 0 Å². The van der Waals surface area contributed by atoms with Crippen LogP contribution in [0.2, 0.25) is 0 Å². The number of aromatic nitrogens is 1. The van der Waals surface area contributed by atoms with Gasteiger partial charge in [0.15, 0.2) is 0 Å². The van der Waals surface area contributed by atoms with Crippen LogP contribution in [0.25, 0.3) is 22.7 Å². The second kappa shape index (κ2) is 11.3. The summed E-state index contributed by atoms with van der Waals surface area (Å²) in [5.41, 5.74) is 18.5. The predicted octanol–water partition coefficient (Wildman–Crippen LogP) is 7.98. The molecule has 0 spiro atoms. The van der Waals surface area contributed by atoms with Gasteiger partial charge in [-0.1, -0.05) is 61.1 Å². The molecule has 0 bridgehead atoms. The van der Waals surface area contributed by atoms with Crippen LogP contribution in [0.4, 0.5) is 5.69 Å². The lowest BCUT2D eigenvalue weighted by molar-refractivity contribution is 0.738. The third-order valence-electron chi connectivity index (χ3n) is 8.42. The molecule has 2 aromatic carbocycles. The first-order valence-corrected chi connectivity index (χ1v) is 14.4. The Morgan fingerprint density at radius 2 is 1.93 bits per heavy atom. The van der Waals surface area contributed by atoms with E-state index in [1.54, 1.807) is 6.20 Å². The fourth-order valence-corrected chi connectivity index (χ4v) is 6.24. The van der Waals surface area contributed by atoms with Gasteiger partial charge in [-0.3, -0.25) is 0 Å². The number of hydrogen-bond donors (Lipinski definition) is 3. The Balaban J connectivity index is 1.22. The van der Waals surface area contributed by atoms with Crippen LogP contribution in [0.1, 0.15) is 55.3 Å². The number of rotatable bonds is 6. The Morgan fingerprint density at radius 1 is 1.10 bits per heavy atom. The van der Waals surface area contributed by atoms with Crippen molar-refractivity contribution in [2.75, 3.05) is 11.9 Å². The average Bonchev–Trinajstić information content (AvgIpc) is 3.33. The molecule has 6 rings (SSSR count). The summed E-state index contributed by atoms with van der Waals surface area (Å²) in [6.07, 6.45) is 24.8. The van der Waals surface area contributed by atoms with Gasteiger partial charge in [-0.15, -0.1) is 6.42 Å². The van der Waals surface area contributed by atoms with Crippen LogP contribution < -0.4 is 16.4 Å². The fraction of sp³-hybridized carbons (Fsp3) is 0.189. The minimum absolute atomic E-state index is 0.310. The number of para-hydroxylation sites is 1. The number of nitrogens with one attached hydrogen (secondary N) is 2. The molecule has 204 valence electrons. The molecule has 1 unspecified atom stereocenters. The van der Waals surface area contributed by atoms with Gasteiger partial charge in [-0.2, -0.15) is 0 Å². The second-order valence-corrected chi connectivity index (χ2v) is 10.8. The maximum Gasteiger partial charge on any atom is 0.105 e. The van der Waals surface area contributed by atoms with Gasteiger partial charge in [-0.05, 0) is 97.5 Å². The highest BCUT2D eigenvalue weighted by molar-refractivity contribution is 5.95. The van der Waals surface area contributed by atoms with Gasteiger partial charge in [0.1, 0.15) is 5.69 Å². The molecule has 2 heterocycles. The first-order chi connectivity index (χ1) is 20.1. The molecule has 1 aromatic heterocycles. The molecule has 4 heteroatoms. The molecule has 2 aliphatic carbocycles. The summed E-state index contributed by atoms with van der Waals surface area (Å²) >= 11 is 0. The van der Waals surface area contributed by atoms with Crippen LogP contribution in [0.15, 0.2) is 120 Å². The van der Waals surface area contributed by atoms with Crippen molar-refractivity contribution in [3.8, 4) is 12.3 Å². The van der Waals surface area contributed by atoms with Gasteiger partial charge in [0.2, 0.25) is 0 Å². The van der Waals surface area contributed by atoms with Crippen LogP contribution in [-0.2, 0) is 0 Å². The van der Waals surface area contributed by atoms with Crippen molar-refractivity contribution in [2.45, 2.75) is 38.5 Å². The molecular weight excluding hydrogens is 500 g/mol. The molecule has 41 heavy (non-hydrogen) atoms. The van der Waals surface area contributed by atoms with Crippen molar-refractivity contribution in [1.82, 2.24) is 9.88 Å². The van der Waals surface area contributed by atoms with Crippen molar-refractivity contribution in [3.63, 3.8) is 0 Å². The van der Waals surface area contributed by atoms with Gasteiger partial charge in [0.05, 0.1) is 5.52 Å². The summed E-state index contributed by atoms with van der Waals surface area (Å²) in [6, 6.07) is 17.1.